The molecule has 0 radical (unpaired) electrons. The van der Waals surface area contributed by atoms with E-state index in [1.807, 2.05) is 6.92 Å². The van der Waals surface area contributed by atoms with Crippen LogP contribution in [-0.2, 0) is 6.42 Å². The summed E-state index contributed by atoms with van der Waals surface area (Å²) in [5, 5.41) is 10.4. The van der Waals surface area contributed by atoms with Gasteiger partial charge in [0.15, 0.2) is 0 Å². The van der Waals surface area contributed by atoms with E-state index >= 15 is 0 Å². The number of aliphatic hydroxyl groups excluding tert-OH is 1. The molecule has 1 aromatic carbocycles. The van der Waals surface area contributed by atoms with Crippen LogP contribution in [0.1, 0.15) is 37.8 Å². The molecule has 0 saturated carbocycles. The number of rotatable bonds is 3. The van der Waals surface area contributed by atoms with Crippen LogP contribution in [0.5, 0.6) is 0 Å². The SMILES string of the molecule is CC1=CC(C)CC(C(O)Cc2ccc(F)cc2C)C1. The number of allylic oxidation sites excluding steroid dienone is 2. The van der Waals surface area contributed by atoms with Gasteiger partial charge < -0.3 is 5.11 Å². The fourth-order valence-corrected chi connectivity index (χ4v) is 3.17. The molecule has 0 aromatic heterocycles. The van der Waals surface area contributed by atoms with Crippen molar-refractivity contribution in [1.82, 2.24) is 0 Å². The molecule has 2 heteroatoms. The van der Waals surface area contributed by atoms with Crippen molar-refractivity contribution in [3.05, 3.63) is 46.8 Å². The van der Waals surface area contributed by atoms with E-state index in [4.69, 9.17) is 0 Å². The molecule has 0 heterocycles. The van der Waals surface area contributed by atoms with Crippen molar-refractivity contribution in [3.63, 3.8) is 0 Å². The first kappa shape index (κ1) is 14.3. The quantitative estimate of drug-likeness (QED) is 0.815. The predicted molar refractivity (Wildman–Crippen MR) is 76.5 cm³/mol. The molecule has 0 spiro atoms. The van der Waals surface area contributed by atoms with Gasteiger partial charge in [0.2, 0.25) is 0 Å². The van der Waals surface area contributed by atoms with E-state index in [-0.39, 0.29) is 11.9 Å². The second-order valence-corrected chi connectivity index (χ2v) is 6.03. The third kappa shape index (κ3) is 3.66. The van der Waals surface area contributed by atoms with Crippen LogP contribution in [0, 0.1) is 24.6 Å². The number of benzene rings is 1. The fraction of sp³-hybridized carbons (Fsp3) is 0.529. The topological polar surface area (TPSA) is 20.2 Å². The van der Waals surface area contributed by atoms with Crippen LogP contribution in [0.25, 0.3) is 0 Å². The number of aliphatic hydroxyl groups is 1. The molecule has 19 heavy (non-hydrogen) atoms. The van der Waals surface area contributed by atoms with Gasteiger partial charge in [0.1, 0.15) is 5.82 Å². The van der Waals surface area contributed by atoms with E-state index in [0.717, 1.165) is 24.0 Å². The van der Waals surface area contributed by atoms with Gasteiger partial charge >= 0.3 is 0 Å². The smallest absolute Gasteiger partial charge is 0.123 e. The predicted octanol–water partition coefficient (Wildman–Crippen LogP) is 4.03. The van der Waals surface area contributed by atoms with Crippen molar-refractivity contribution in [3.8, 4) is 0 Å². The Labute approximate surface area is 115 Å². The molecule has 0 bridgehead atoms. The maximum absolute atomic E-state index is 13.1. The lowest BCUT2D eigenvalue weighted by Crippen LogP contribution is -2.27. The lowest BCUT2D eigenvalue weighted by atomic mass is 9.79. The standard InChI is InChI=1S/C17H23FO/c1-11-6-12(2)8-15(7-11)17(19)10-14-4-5-16(18)9-13(14)3/h4-6,9,11,15,17,19H,7-8,10H2,1-3H3. The minimum absolute atomic E-state index is 0.208. The molecular weight excluding hydrogens is 239 g/mol. The normalized spacial score (nSPS) is 25.0. The Morgan fingerprint density at radius 3 is 2.74 bits per heavy atom. The van der Waals surface area contributed by atoms with Gasteiger partial charge in [0.05, 0.1) is 6.10 Å². The third-order valence-electron chi connectivity index (χ3n) is 4.11. The van der Waals surface area contributed by atoms with E-state index in [0.29, 0.717) is 18.3 Å². The van der Waals surface area contributed by atoms with Crippen LogP contribution in [0.15, 0.2) is 29.8 Å². The van der Waals surface area contributed by atoms with Gasteiger partial charge in [-0.05, 0) is 68.2 Å². The van der Waals surface area contributed by atoms with Gasteiger partial charge in [0, 0.05) is 0 Å². The van der Waals surface area contributed by atoms with Gasteiger partial charge in [-0.2, -0.15) is 0 Å². The molecule has 104 valence electrons. The van der Waals surface area contributed by atoms with Gasteiger partial charge in [-0.15, -0.1) is 0 Å². The van der Waals surface area contributed by atoms with Crippen LogP contribution in [0.3, 0.4) is 0 Å². The summed E-state index contributed by atoms with van der Waals surface area (Å²) in [5.41, 5.74) is 3.35. The Hall–Kier alpha value is -1.15. The molecule has 0 fully saturated rings. The van der Waals surface area contributed by atoms with Crippen LogP contribution < -0.4 is 0 Å². The van der Waals surface area contributed by atoms with Crippen LogP contribution in [-0.4, -0.2) is 11.2 Å². The molecule has 3 atom stereocenters. The highest BCUT2D eigenvalue weighted by atomic mass is 19.1. The Balaban J connectivity index is 2.05. The Morgan fingerprint density at radius 2 is 2.11 bits per heavy atom. The molecular formula is C17H23FO. The van der Waals surface area contributed by atoms with E-state index in [2.05, 4.69) is 19.9 Å². The minimum atomic E-state index is -0.338. The molecule has 2 rings (SSSR count). The Morgan fingerprint density at radius 1 is 1.37 bits per heavy atom. The largest absolute Gasteiger partial charge is 0.392 e. The fourth-order valence-electron chi connectivity index (χ4n) is 3.17. The third-order valence-corrected chi connectivity index (χ3v) is 4.11. The van der Waals surface area contributed by atoms with Crippen molar-refractivity contribution in [2.24, 2.45) is 11.8 Å². The van der Waals surface area contributed by atoms with Crippen molar-refractivity contribution >= 4 is 0 Å². The molecule has 1 aliphatic rings. The summed E-state index contributed by atoms with van der Waals surface area (Å²) in [6.45, 7) is 6.24. The number of aryl methyl sites for hydroxylation is 1. The summed E-state index contributed by atoms with van der Waals surface area (Å²) in [7, 11) is 0. The number of hydrogen-bond donors (Lipinski definition) is 1. The van der Waals surface area contributed by atoms with Gasteiger partial charge in [-0.25, -0.2) is 4.39 Å². The van der Waals surface area contributed by atoms with E-state index < -0.39 is 0 Å². The molecule has 3 unspecified atom stereocenters. The van der Waals surface area contributed by atoms with Crippen LogP contribution >= 0.6 is 0 Å². The lowest BCUT2D eigenvalue weighted by molar-refractivity contribution is 0.0931. The van der Waals surface area contributed by atoms with E-state index in [9.17, 15) is 9.50 Å². The van der Waals surface area contributed by atoms with Gasteiger partial charge in [-0.3, -0.25) is 0 Å². The van der Waals surface area contributed by atoms with Gasteiger partial charge in [-0.1, -0.05) is 24.6 Å². The lowest BCUT2D eigenvalue weighted by Gasteiger charge is -2.29. The van der Waals surface area contributed by atoms with E-state index in [1.54, 1.807) is 6.07 Å². The summed E-state index contributed by atoms with van der Waals surface area (Å²) in [6, 6.07) is 4.81. The molecule has 1 aliphatic carbocycles. The van der Waals surface area contributed by atoms with Crippen LogP contribution in [0.4, 0.5) is 4.39 Å². The molecule has 0 aliphatic heterocycles. The highest BCUT2D eigenvalue weighted by Gasteiger charge is 2.25. The highest BCUT2D eigenvalue weighted by Crippen LogP contribution is 2.31. The maximum atomic E-state index is 13.1. The minimum Gasteiger partial charge on any atom is -0.392 e. The second-order valence-electron chi connectivity index (χ2n) is 6.03. The summed E-state index contributed by atoms with van der Waals surface area (Å²) in [6.07, 6.45) is 4.60. The maximum Gasteiger partial charge on any atom is 0.123 e. The summed E-state index contributed by atoms with van der Waals surface area (Å²) in [5.74, 6) is 0.660. The second kappa shape index (κ2) is 5.87. The van der Waals surface area contributed by atoms with Gasteiger partial charge in [0.25, 0.3) is 0 Å². The zero-order valence-electron chi connectivity index (χ0n) is 12.0. The first-order valence-electron chi connectivity index (χ1n) is 7.06. The van der Waals surface area contributed by atoms with Crippen molar-refractivity contribution in [1.29, 1.82) is 0 Å². The summed E-state index contributed by atoms with van der Waals surface area (Å²) in [4.78, 5) is 0. The van der Waals surface area contributed by atoms with Crippen molar-refractivity contribution < 1.29 is 9.50 Å². The Bertz CT molecular complexity index is 478. The molecule has 0 amide bonds. The zero-order chi connectivity index (χ0) is 14.0. The number of halogens is 1. The summed E-state index contributed by atoms with van der Waals surface area (Å²) >= 11 is 0. The Kier molecular flexibility index (Phi) is 4.41. The summed E-state index contributed by atoms with van der Waals surface area (Å²) < 4.78 is 13.1. The first-order valence-corrected chi connectivity index (χ1v) is 7.06. The van der Waals surface area contributed by atoms with E-state index in [1.165, 1.54) is 17.7 Å². The molecule has 0 saturated heterocycles. The van der Waals surface area contributed by atoms with Crippen molar-refractivity contribution in [2.45, 2.75) is 46.1 Å². The monoisotopic (exact) mass is 262 g/mol. The first-order chi connectivity index (χ1) is 8.95. The average molecular weight is 262 g/mol. The molecule has 1 aromatic rings. The molecule has 1 nitrogen and oxygen atoms in total. The molecule has 1 N–H and O–H groups in total. The highest BCUT2D eigenvalue weighted by molar-refractivity contribution is 5.27. The number of hydrogen-bond acceptors (Lipinski definition) is 1. The van der Waals surface area contributed by atoms with Crippen LogP contribution in [0.2, 0.25) is 0 Å². The zero-order valence-corrected chi connectivity index (χ0v) is 12.0. The van der Waals surface area contributed by atoms with Crippen molar-refractivity contribution in [2.75, 3.05) is 0 Å². The average Bonchev–Trinajstić information content (AvgIpc) is 2.31.